The molecule has 0 atom stereocenters. The molecule has 0 saturated heterocycles. The maximum absolute atomic E-state index is 12.4. The van der Waals surface area contributed by atoms with E-state index in [1.54, 1.807) is 31.2 Å². The van der Waals surface area contributed by atoms with E-state index in [9.17, 15) is 14.4 Å². The molecule has 11 heteroatoms. The number of esters is 2. The zero-order chi connectivity index (χ0) is 20.1. The Morgan fingerprint density at radius 1 is 1.29 bits per heavy atom. The summed E-state index contributed by atoms with van der Waals surface area (Å²) in [4.78, 5) is 43.3. The highest BCUT2D eigenvalue weighted by Crippen LogP contribution is 2.13. The number of hydrogen-bond acceptors (Lipinski definition) is 9. The van der Waals surface area contributed by atoms with Crippen LogP contribution in [0.5, 0.6) is 0 Å². The second-order valence-corrected chi connectivity index (χ2v) is 5.37. The van der Waals surface area contributed by atoms with Gasteiger partial charge in [-0.05, 0) is 19.1 Å². The molecule has 3 rings (SSSR count). The van der Waals surface area contributed by atoms with Crippen molar-refractivity contribution in [2.24, 2.45) is 5.10 Å². The Bertz CT molecular complexity index is 1120. The van der Waals surface area contributed by atoms with Crippen LogP contribution >= 0.6 is 0 Å². The van der Waals surface area contributed by atoms with Crippen molar-refractivity contribution in [3.8, 4) is 0 Å². The fourth-order valence-corrected chi connectivity index (χ4v) is 2.33. The Balaban J connectivity index is 2.02. The van der Waals surface area contributed by atoms with E-state index in [1.807, 2.05) is 0 Å². The first kappa shape index (κ1) is 18.8. The number of anilines is 1. The number of hydrogen-bond donors (Lipinski definition) is 3. The fraction of sp³-hybridized carbons (Fsp3) is 0.176. The van der Waals surface area contributed by atoms with Gasteiger partial charge < -0.3 is 14.5 Å². The molecule has 3 N–H and O–H groups in total. The molecule has 0 spiro atoms. The molecule has 11 nitrogen and oxygen atoms in total. The third-order valence-corrected chi connectivity index (χ3v) is 3.62. The van der Waals surface area contributed by atoms with Crippen LogP contribution in [0, 0.1) is 0 Å². The predicted octanol–water partition coefficient (Wildman–Crippen LogP) is 0.812. The summed E-state index contributed by atoms with van der Waals surface area (Å²) < 4.78 is 9.61. The number of aromatic amines is 2. The van der Waals surface area contributed by atoms with Gasteiger partial charge in [0.2, 0.25) is 0 Å². The Hall–Kier alpha value is -4.02. The number of hydrazone groups is 1. The Kier molecular flexibility index (Phi) is 5.44. The van der Waals surface area contributed by atoms with Crippen molar-refractivity contribution in [3.63, 3.8) is 0 Å². The largest absolute Gasteiger partial charge is 0.464 e. The van der Waals surface area contributed by atoms with Crippen LogP contribution in [-0.4, -0.2) is 51.5 Å². The third kappa shape index (κ3) is 3.72. The van der Waals surface area contributed by atoms with E-state index >= 15 is 0 Å². The van der Waals surface area contributed by atoms with Crippen molar-refractivity contribution in [3.05, 3.63) is 52.1 Å². The SMILES string of the molecule is CCOC(=O)c1cn[nH]c1N/N=C(\C(=O)OC)c1nc2ccccc2[nH]c1=O. The molecule has 0 fully saturated rings. The number of H-pyrrole nitrogens is 2. The van der Waals surface area contributed by atoms with Gasteiger partial charge in [-0.3, -0.25) is 15.3 Å². The van der Waals surface area contributed by atoms with Gasteiger partial charge in [-0.15, -0.1) is 0 Å². The molecule has 2 heterocycles. The molecule has 0 radical (unpaired) electrons. The molecule has 0 amide bonds. The molecule has 2 aromatic heterocycles. The van der Waals surface area contributed by atoms with E-state index in [0.717, 1.165) is 7.11 Å². The van der Waals surface area contributed by atoms with Gasteiger partial charge in [0.15, 0.2) is 17.2 Å². The highest BCUT2D eigenvalue weighted by Gasteiger charge is 2.22. The average molecular weight is 384 g/mol. The molecule has 0 unspecified atom stereocenters. The molecule has 3 aromatic rings. The first-order valence-electron chi connectivity index (χ1n) is 8.17. The molecule has 1 aromatic carbocycles. The molecule has 0 aliphatic heterocycles. The fourth-order valence-electron chi connectivity index (χ4n) is 2.33. The van der Waals surface area contributed by atoms with Crippen LogP contribution in [-0.2, 0) is 14.3 Å². The first-order chi connectivity index (χ1) is 13.5. The van der Waals surface area contributed by atoms with Gasteiger partial charge in [0.1, 0.15) is 5.56 Å². The Morgan fingerprint density at radius 3 is 2.82 bits per heavy atom. The van der Waals surface area contributed by atoms with Gasteiger partial charge in [-0.25, -0.2) is 14.6 Å². The minimum Gasteiger partial charge on any atom is -0.464 e. The van der Waals surface area contributed by atoms with E-state index in [2.05, 4.69) is 30.7 Å². The zero-order valence-corrected chi connectivity index (χ0v) is 15.0. The summed E-state index contributed by atoms with van der Waals surface area (Å²) in [5, 5.41) is 10.2. The van der Waals surface area contributed by atoms with Crippen molar-refractivity contribution in [2.45, 2.75) is 6.92 Å². The van der Waals surface area contributed by atoms with Gasteiger partial charge in [-0.2, -0.15) is 10.2 Å². The maximum atomic E-state index is 12.4. The van der Waals surface area contributed by atoms with Gasteiger partial charge in [-0.1, -0.05) is 12.1 Å². The molecule has 0 bridgehead atoms. The topological polar surface area (TPSA) is 151 Å². The van der Waals surface area contributed by atoms with Crippen LogP contribution in [0.3, 0.4) is 0 Å². The van der Waals surface area contributed by atoms with Crippen LogP contribution in [0.1, 0.15) is 23.0 Å². The lowest BCUT2D eigenvalue weighted by molar-refractivity contribution is -0.132. The van der Waals surface area contributed by atoms with Gasteiger partial charge in [0.25, 0.3) is 5.56 Å². The number of para-hydroxylation sites is 2. The van der Waals surface area contributed by atoms with Crippen LogP contribution in [0.25, 0.3) is 11.0 Å². The van der Waals surface area contributed by atoms with Crippen molar-refractivity contribution in [1.29, 1.82) is 0 Å². The van der Waals surface area contributed by atoms with E-state index in [1.165, 1.54) is 6.20 Å². The predicted molar refractivity (Wildman–Crippen MR) is 99.1 cm³/mol. The van der Waals surface area contributed by atoms with Gasteiger partial charge >= 0.3 is 11.9 Å². The number of carbonyl (C=O) groups excluding carboxylic acids is 2. The van der Waals surface area contributed by atoms with Gasteiger partial charge in [0.05, 0.1) is 30.9 Å². The minimum atomic E-state index is -0.891. The third-order valence-electron chi connectivity index (χ3n) is 3.62. The van der Waals surface area contributed by atoms with E-state index in [-0.39, 0.29) is 29.4 Å². The second kappa shape index (κ2) is 8.12. The summed E-state index contributed by atoms with van der Waals surface area (Å²) in [5.41, 5.74) is 2.30. The lowest BCUT2D eigenvalue weighted by atomic mass is 10.2. The molecular weight excluding hydrogens is 368 g/mol. The lowest BCUT2D eigenvalue weighted by Crippen LogP contribution is -2.28. The Labute approximate surface area is 157 Å². The average Bonchev–Trinajstić information content (AvgIpc) is 3.17. The molecule has 144 valence electrons. The summed E-state index contributed by atoms with van der Waals surface area (Å²) >= 11 is 0. The van der Waals surface area contributed by atoms with Crippen molar-refractivity contribution in [1.82, 2.24) is 20.2 Å². The van der Waals surface area contributed by atoms with E-state index in [4.69, 9.17) is 9.47 Å². The van der Waals surface area contributed by atoms with E-state index < -0.39 is 17.5 Å². The highest BCUT2D eigenvalue weighted by atomic mass is 16.5. The molecule has 0 saturated carbocycles. The van der Waals surface area contributed by atoms with Crippen molar-refractivity contribution in [2.75, 3.05) is 19.1 Å². The van der Waals surface area contributed by atoms with Crippen LogP contribution in [0.15, 0.2) is 40.4 Å². The number of fused-ring (bicyclic) bond motifs is 1. The molecule has 0 aliphatic rings. The number of aromatic nitrogens is 4. The van der Waals surface area contributed by atoms with Crippen LogP contribution in [0.4, 0.5) is 5.82 Å². The monoisotopic (exact) mass is 384 g/mol. The standard InChI is InChI=1S/C17H16N6O5/c1-3-28-16(25)9-8-18-22-14(9)23-21-13(17(26)27-2)12-15(24)20-11-7-5-4-6-10(11)19-12/h4-8H,3H2,1-2H3,(H,20,24)(H2,18,22,23)/b21-13-. The first-order valence-corrected chi connectivity index (χ1v) is 8.17. The zero-order valence-electron chi connectivity index (χ0n) is 15.0. The number of ether oxygens (including phenoxy) is 2. The second-order valence-electron chi connectivity index (χ2n) is 5.37. The number of methoxy groups -OCH3 is 1. The summed E-state index contributed by atoms with van der Waals surface area (Å²) in [7, 11) is 1.15. The number of rotatable bonds is 6. The highest BCUT2D eigenvalue weighted by molar-refractivity contribution is 6.42. The molecule has 28 heavy (non-hydrogen) atoms. The van der Waals surface area contributed by atoms with Crippen molar-refractivity contribution >= 4 is 34.5 Å². The Morgan fingerprint density at radius 2 is 2.07 bits per heavy atom. The number of carbonyl (C=O) groups is 2. The van der Waals surface area contributed by atoms with Crippen LogP contribution < -0.4 is 11.0 Å². The summed E-state index contributed by atoms with van der Waals surface area (Å²) in [5.74, 6) is -1.44. The smallest absolute Gasteiger partial charge is 0.360 e. The van der Waals surface area contributed by atoms with Gasteiger partial charge in [0, 0.05) is 0 Å². The minimum absolute atomic E-state index is 0.0789. The maximum Gasteiger partial charge on any atom is 0.360 e. The number of nitrogens with zero attached hydrogens (tertiary/aromatic N) is 3. The number of nitrogens with one attached hydrogen (secondary N) is 3. The summed E-state index contributed by atoms with van der Waals surface area (Å²) in [6.07, 6.45) is 1.24. The normalized spacial score (nSPS) is 11.3. The van der Waals surface area contributed by atoms with E-state index in [0.29, 0.717) is 11.0 Å². The quantitative estimate of drug-likeness (QED) is 0.321. The van der Waals surface area contributed by atoms with Crippen LogP contribution in [0.2, 0.25) is 0 Å². The summed E-state index contributed by atoms with van der Waals surface area (Å²) in [6.45, 7) is 1.84. The lowest BCUT2D eigenvalue weighted by Gasteiger charge is -2.06. The van der Waals surface area contributed by atoms with Crippen molar-refractivity contribution < 1.29 is 19.1 Å². The molecule has 0 aliphatic carbocycles. The molecular formula is C17H16N6O5. The number of benzene rings is 1. The summed E-state index contributed by atoms with van der Waals surface area (Å²) in [6, 6.07) is 6.83.